The highest BCUT2D eigenvalue weighted by molar-refractivity contribution is 5.19. The number of hydrogen-bond donors (Lipinski definition) is 1. The lowest BCUT2D eigenvalue weighted by atomic mass is 10.0. The largest absolute Gasteiger partial charge is 0.396 e. The minimum absolute atomic E-state index is 0.257. The van der Waals surface area contributed by atoms with Crippen LogP contribution in [0.3, 0.4) is 0 Å². The summed E-state index contributed by atoms with van der Waals surface area (Å²) < 4.78 is 5.75. The van der Waals surface area contributed by atoms with Crippen LogP contribution in [-0.2, 0) is 4.74 Å². The summed E-state index contributed by atoms with van der Waals surface area (Å²) in [6.07, 6.45) is 1.12. The molecule has 3 nitrogen and oxygen atoms in total. The van der Waals surface area contributed by atoms with Crippen LogP contribution in [-0.4, -0.2) is 42.4 Å². The maximum absolute atomic E-state index is 8.96. The normalized spacial score (nSPS) is 26.0. The number of aliphatic hydroxyl groups excluding tert-OH is 1. The van der Waals surface area contributed by atoms with Crippen molar-refractivity contribution in [3.8, 4) is 0 Å². The smallest absolute Gasteiger partial charge is 0.0675 e. The number of hydrogen-bond acceptors (Lipinski definition) is 3. The van der Waals surface area contributed by atoms with Crippen molar-refractivity contribution in [1.29, 1.82) is 0 Å². The quantitative estimate of drug-likeness (QED) is 0.864. The SMILES string of the molecule is CC1CN(CCCO)C(c2ccccc2)CO1. The van der Waals surface area contributed by atoms with E-state index in [1.165, 1.54) is 5.56 Å². The van der Waals surface area contributed by atoms with Gasteiger partial charge in [0.05, 0.1) is 18.8 Å². The summed E-state index contributed by atoms with van der Waals surface area (Å²) in [6, 6.07) is 10.8. The number of rotatable bonds is 4. The Morgan fingerprint density at radius 2 is 2.12 bits per heavy atom. The second-order valence-corrected chi connectivity index (χ2v) is 4.64. The summed E-state index contributed by atoms with van der Waals surface area (Å²) >= 11 is 0. The molecule has 0 aliphatic carbocycles. The first-order chi connectivity index (χ1) is 8.31. The first-order valence-corrected chi connectivity index (χ1v) is 6.32. The second-order valence-electron chi connectivity index (χ2n) is 4.64. The van der Waals surface area contributed by atoms with Gasteiger partial charge in [0.25, 0.3) is 0 Å². The third-order valence-electron chi connectivity index (χ3n) is 3.26. The van der Waals surface area contributed by atoms with Crippen molar-refractivity contribution < 1.29 is 9.84 Å². The highest BCUT2D eigenvalue weighted by Gasteiger charge is 2.27. The lowest BCUT2D eigenvalue weighted by Gasteiger charge is -2.38. The van der Waals surface area contributed by atoms with E-state index in [0.29, 0.717) is 6.04 Å². The van der Waals surface area contributed by atoms with Gasteiger partial charge in [-0.2, -0.15) is 0 Å². The van der Waals surface area contributed by atoms with Gasteiger partial charge in [0, 0.05) is 19.7 Å². The fourth-order valence-electron chi connectivity index (χ4n) is 2.37. The van der Waals surface area contributed by atoms with Crippen LogP contribution in [0, 0.1) is 0 Å². The Bertz CT molecular complexity index is 328. The third-order valence-corrected chi connectivity index (χ3v) is 3.26. The van der Waals surface area contributed by atoms with E-state index in [1.807, 2.05) is 6.07 Å². The predicted octanol–water partition coefficient (Wildman–Crippen LogP) is 1.83. The second kappa shape index (κ2) is 6.15. The van der Waals surface area contributed by atoms with E-state index in [0.717, 1.165) is 26.1 Å². The molecule has 3 heteroatoms. The molecule has 1 aromatic rings. The van der Waals surface area contributed by atoms with Gasteiger partial charge in [-0.15, -0.1) is 0 Å². The van der Waals surface area contributed by atoms with Crippen LogP contribution in [0.4, 0.5) is 0 Å². The Morgan fingerprint density at radius 1 is 1.35 bits per heavy atom. The predicted molar refractivity (Wildman–Crippen MR) is 67.9 cm³/mol. The molecule has 0 spiro atoms. The number of morpholine rings is 1. The van der Waals surface area contributed by atoms with Gasteiger partial charge in [-0.25, -0.2) is 0 Å². The molecule has 0 radical (unpaired) electrons. The summed E-state index contributed by atoms with van der Waals surface area (Å²) in [5.41, 5.74) is 1.30. The van der Waals surface area contributed by atoms with Gasteiger partial charge in [0.2, 0.25) is 0 Å². The first-order valence-electron chi connectivity index (χ1n) is 6.32. The lowest BCUT2D eigenvalue weighted by molar-refractivity contribution is -0.0575. The van der Waals surface area contributed by atoms with Gasteiger partial charge in [-0.05, 0) is 18.9 Å². The molecule has 94 valence electrons. The summed E-state index contributed by atoms with van der Waals surface area (Å²) in [5, 5.41) is 8.96. The van der Waals surface area contributed by atoms with Crippen molar-refractivity contribution in [2.75, 3.05) is 26.3 Å². The van der Waals surface area contributed by atoms with Crippen LogP contribution in [0.2, 0.25) is 0 Å². The standard InChI is InChI=1S/C14H21NO2/c1-12-10-15(8-5-9-16)14(11-17-12)13-6-3-2-4-7-13/h2-4,6-7,12,14,16H,5,8-11H2,1H3. The topological polar surface area (TPSA) is 32.7 Å². The van der Waals surface area contributed by atoms with Crippen LogP contribution in [0.5, 0.6) is 0 Å². The fourth-order valence-corrected chi connectivity index (χ4v) is 2.37. The summed E-state index contributed by atoms with van der Waals surface area (Å²) in [5.74, 6) is 0. The van der Waals surface area contributed by atoms with Crippen LogP contribution in [0.1, 0.15) is 24.9 Å². The minimum atomic E-state index is 0.257. The van der Waals surface area contributed by atoms with E-state index in [-0.39, 0.29) is 12.7 Å². The molecule has 17 heavy (non-hydrogen) atoms. The van der Waals surface area contributed by atoms with Crippen molar-refractivity contribution in [3.63, 3.8) is 0 Å². The van der Waals surface area contributed by atoms with Gasteiger partial charge >= 0.3 is 0 Å². The van der Waals surface area contributed by atoms with E-state index < -0.39 is 0 Å². The molecule has 1 aromatic carbocycles. The molecule has 1 fully saturated rings. The van der Waals surface area contributed by atoms with Crippen molar-refractivity contribution >= 4 is 0 Å². The summed E-state index contributed by atoms with van der Waals surface area (Å²) in [4.78, 5) is 2.42. The van der Waals surface area contributed by atoms with E-state index in [4.69, 9.17) is 9.84 Å². The molecule has 0 aromatic heterocycles. The zero-order valence-corrected chi connectivity index (χ0v) is 10.4. The van der Waals surface area contributed by atoms with Gasteiger partial charge in [-0.3, -0.25) is 4.90 Å². The van der Waals surface area contributed by atoms with Crippen molar-refractivity contribution in [2.45, 2.75) is 25.5 Å². The summed E-state index contributed by atoms with van der Waals surface area (Å²) in [6.45, 7) is 4.99. The molecule has 0 bridgehead atoms. The highest BCUT2D eigenvalue weighted by Crippen LogP contribution is 2.25. The van der Waals surface area contributed by atoms with E-state index >= 15 is 0 Å². The minimum Gasteiger partial charge on any atom is -0.396 e. The van der Waals surface area contributed by atoms with E-state index in [9.17, 15) is 0 Å². The molecule has 0 saturated carbocycles. The molecule has 1 aliphatic heterocycles. The van der Waals surface area contributed by atoms with Crippen LogP contribution in [0.25, 0.3) is 0 Å². The van der Waals surface area contributed by atoms with Crippen LogP contribution in [0.15, 0.2) is 30.3 Å². The molecule has 1 N–H and O–H groups in total. The number of ether oxygens (including phenoxy) is 1. The zero-order chi connectivity index (χ0) is 12.1. The molecule has 2 atom stereocenters. The van der Waals surface area contributed by atoms with Crippen LogP contribution < -0.4 is 0 Å². The van der Waals surface area contributed by atoms with Crippen LogP contribution >= 0.6 is 0 Å². The average Bonchev–Trinajstić information content (AvgIpc) is 2.37. The first kappa shape index (κ1) is 12.6. The molecular formula is C14H21NO2. The fraction of sp³-hybridized carbons (Fsp3) is 0.571. The molecule has 1 heterocycles. The highest BCUT2D eigenvalue weighted by atomic mass is 16.5. The molecule has 2 unspecified atom stereocenters. The number of aliphatic hydroxyl groups is 1. The zero-order valence-electron chi connectivity index (χ0n) is 10.4. The van der Waals surface area contributed by atoms with Crippen molar-refractivity contribution in [3.05, 3.63) is 35.9 Å². The van der Waals surface area contributed by atoms with Gasteiger partial charge in [0.15, 0.2) is 0 Å². The maximum atomic E-state index is 8.96. The maximum Gasteiger partial charge on any atom is 0.0675 e. The molecule has 2 rings (SSSR count). The number of nitrogens with zero attached hydrogens (tertiary/aromatic N) is 1. The van der Waals surface area contributed by atoms with Gasteiger partial charge in [0.1, 0.15) is 0 Å². The lowest BCUT2D eigenvalue weighted by Crippen LogP contribution is -2.44. The Kier molecular flexibility index (Phi) is 4.54. The molecule has 1 aliphatic rings. The Balaban J connectivity index is 2.07. The monoisotopic (exact) mass is 235 g/mol. The Morgan fingerprint density at radius 3 is 2.82 bits per heavy atom. The average molecular weight is 235 g/mol. The Hall–Kier alpha value is -0.900. The Labute approximate surface area is 103 Å². The molecular weight excluding hydrogens is 214 g/mol. The van der Waals surface area contributed by atoms with E-state index in [2.05, 4.69) is 36.1 Å². The van der Waals surface area contributed by atoms with Crippen molar-refractivity contribution in [2.24, 2.45) is 0 Å². The summed E-state index contributed by atoms with van der Waals surface area (Å²) in [7, 11) is 0. The van der Waals surface area contributed by atoms with Gasteiger partial charge in [-0.1, -0.05) is 30.3 Å². The molecule has 1 saturated heterocycles. The van der Waals surface area contributed by atoms with Gasteiger partial charge < -0.3 is 9.84 Å². The third kappa shape index (κ3) is 3.28. The molecule has 0 amide bonds. The number of benzene rings is 1. The van der Waals surface area contributed by atoms with Crippen molar-refractivity contribution in [1.82, 2.24) is 4.90 Å². The van der Waals surface area contributed by atoms with E-state index in [1.54, 1.807) is 0 Å².